The van der Waals surface area contributed by atoms with E-state index in [2.05, 4.69) is 79.1 Å². The van der Waals surface area contributed by atoms with Gasteiger partial charge in [0, 0.05) is 29.9 Å². The van der Waals surface area contributed by atoms with Gasteiger partial charge in [-0.05, 0) is 403 Å². The Bertz CT molecular complexity index is 4110. The summed E-state index contributed by atoms with van der Waals surface area (Å²) >= 11 is 0. The number of aryl methyl sites for hydroxylation is 2. The number of hydrogen-bond donors (Lipinski definition) is 4. The highest BCUT2D eigenvalue weighted by Gasteiger charge is 2.66. The first-order chi connectivity index (χ1) is 55.9. The standard InChI is InChI=1S/2C23H35FN4O2.2C23H34FN3O2/c1-13-25-26-27-28(13)12-21(29)19-5-4-18-16-10-20(24)17-11-22(2,30)8-6-15(17)14(16)7-9-23(18,19)3;1-13-25-27-28(26-13)12-21(29)19-5-4-18-16-10-20(24)17-11-22(2,30)8-6-15(17)14(16)7-9-23(18,19)3;1-22(29)7-5-15-14-6-8-23(2)18(16(14)11-20(24)17(15)12-22)3-4-19(23)21(28)13-27-10-9-25-26-27;1-22(29)7-5-15-14-6-8-23(2)18(16(14)11-20(24)17(15)12-22)3-4-19(23)21(28)13-27-25-9-10-26-27/h2*14-20,30H,4-12H2,1-3H3;2*9-10,14-20,29H,3-8,11-13H2,1-2H3/t4*14-,15-,16-,17+,18+,19-,20-,22-,23+/m1111/s1. The van der Waals surface area contributed by atoms with Gasteiger partial charge in [-0.1, -0.05) is 32.9 Å². The molecule has 20 rings (SSSR count). The van der Waals surface area contributed by atoms with Gasteiger partial charge in [0.15, 0.2) is 29.0 Å². The highest BCUT2D eigenvalue weighted by atomic mass is 19.1. The number of carbonyl (C=O) groups excluding carboxylic acids is 4. The minimum absolute atomic E-state index is 0.00838. The average Bonchev–Trinajstić information content (AvgIpc) is 1.50. The van der Waals surface area contributed by atoms with Gasteiger partial charge in [0.2, 0.25) is 0 Å². The molecule has 652 valence electrons. The van der Waals surface area contributed by atoms with E-state index in [0.717, 1.165) is 154 Å². The Balaban J connectivity index is 0.000000113. The molecule has 16 fully saturated rings. The Morgan fingerprint density at radius 2 is 0.678 bits per heavy atom. The van der Waals surface area contributed by atoms with Crippen molar-refractivity contribution in [1.29, 1.82) is 0 Å². The van der Waals surface area contributed by atoms with Crippen molar-refractivity contribution in [2.75, 3.05) is 0 Å². The van der Waals surface area contributed by atoms with E-state index < -0.39 is 47.1 Å². The van der Waals surface area contributed by atoms with Gasteiger partial charge in [-0.25, -0.2) is 26.9 Å². The molecule has 0 bridgehead atoms. The van der Waals surface area contributed by atoms with E-state index in [-0.39, 0.29) is 112 Å². The average molecular weight is 1640 g/mol. The van der Waals surface area contributed by atoms with Crippen LogP contribution in [0, 0.1) is 178 Å². The summed E-state index contributed by atoms with van der Waals surface area (Å²) in [5.74, 6) is 9.62. The second-order valence-electron chi connectivity index (χ2n) is 44.5. The number of hydrogen-bond acceptors (Lipinski definition) is 18. The minimum atomic E-state index is -0.817. The third-order valence-electron chi connectivity index (χ3n) is 38.0. The number of aromatic nitrogens is 14. The third-order valence-corrected chi connectivity index (χ3v) is 38.0. The molecule has 16 aliphatic rings. The Kier molecular flexibility index (Phi) is 23.0. The molecule has 26 heteroatoms. The maximum absolute atomic E-state index is 15.4. The monoisotopic (exact) mass is 1640 g/mol. The lowest BCUT2D eigenvalue weighted by Crippen LogP contribution is -2.54. The summed E-state index contributed by atoms with van der Waals surface area (Å²) in [6, 6.07) is 0. The normalized spacial score (nSPS) is 48.6. The summed E-state index contributed by atoms with van der Waals surface area (Å²) in [6.07, 6.45) is 31.7. The fourth-order valence-corrected chi connectivity index (χ4v) is 32.6. The van der Waals surface area contributed by atoms with E-state index in [1.165, 1.54) is 9.59 Å². The molecule has 0 aliphatic heterocycles. The van der Waals surface area contributed by atoms with Crippen molar-refractivity contribution in [3.05, 3.63) is 36.4 Å². The van der Waals surface area contributed by atoms with E-state index in [4.69, 9.17) is 0 Å². The first-order valence-corrected chi connectivity index (χ1v) is 46.7. The highest BCUT2D eigenvalue weighted by molar-refractivity contribution is 5.83. The predicted octanol–water partition coefficient (Wildman–Crippen LogP) is 14.7. The SMILES string of the molecule is C[C@@]1(O)CC[C@@H]2[C@H]3CC[C@]4(C)[C@@H](C(=O)Cn5ccnn5)CC[C@H]4[C@@H]3C[C@@H](F)[C@H]2C1.C[C@@]1(O)CC[C@@H]2[C@H]3CC[C@]4(C)[C@@H](C(=O)Cn5nccn5)CC[C@H]4[C@@H]3C[C@@H](F)[C@H]2C1.Cc1nnn(CC(=O)[C@H]2CC[C@H]3[C@@H]4C[C@@H](F)[C@H]5C[C@](C)(O)CC[C@@H]5[C@H]4CC[C@]23C)n1.Cc1nnnn1CC(=O)[C@H]1CC[C@H]2[C@@H]3C[C@@H](F)[C@H]4C[C@](C)(O)CC[C@@H]4[C@H]3CC[C@]12C. The van der Waals surface area contributed by atoms with Crippen LogP contribution in [0.15, 0.2) is 24.8 Å². The van der Waals surface area contributed by atoms with Crippen LogP contribution in [-0.2, 0) is 45.4 Å². The molecular formula is C92H138F4N14O8. The molecule has 4 aromatic heterocycles. The third kappa shape index (κ3) is 15.6. The van der Waals surface area contributed by atoms with Gasteiger partial charge >= 0.3 is 0 Å². The molecule has 16 saturated carbocycles. The van der Waals surface area contributed by atoms with Crippen LogP contribution >= 0.6 is 0 Å². The van der Waals surface area contributed by atoms with Crippen molar-refractivity contribution in [2.45, 2.75) is 348 Å². The summed E-state index contributed by atoms with van der Waals surface area (Å²) in [5, 5.41) is 81.6. The molecule has 0 aromatic carbocycles. The Labute approximate surface area is 695 Å². The summed E-state index contributed by atoms with van der Waals surface area (Å²) in [6.45, 7) is 21.2. The molecule has 22 nitrogen and oxygen atoms in total. The molecule has 0 radical (unpaired) electrons. The van der Waals surface area contributed by atoms with E-state index >= 15 is 17.6 Å². The number of carbonyl (C=O) groups is 4. The molecule has 0 amide bonds. The zero-order chi connectivity index (χ0) is 83.3. The second-order valence-corrected chi connectivity index (χ2v) is 44.5. The van der Waals surface area contributed by atoms with Gasteiger partial charge in [0.1, 0.15) is 56.7 Å². The van der Waals surface area contributed by atoms with Crippen LogP contribution in [0.5, 0.6) is 0 Å². The molecule has 0 spiro atoms. The number of fused-ring (bicyclic) bond motifs is 20. The van der Waals surface area contributed by atoms with Crippen molar-refractivity contribution >= 4 is 23.1 Å². The molecule has 16 aliphatic carbocycles. The molecule has 4 aromatic rings. The number of halogens is 4. The predicted molar refractivity (Wildman–Crippen MR) is 431 cm³/mol. The highest BCUT2D eigenvalue weighted by Crippen LogP contribution is 2.71. The summed E-state index contributed by atoms with van der Waals surface area (Å²) in [4.78, 5) is 55.5. The molecular weight excluding hydrogens is 1510 g/mol. The van der Waals surface area contributed by atoms with Gasteiger partial charge < -0.3 is 20.4 Å². The van der Waals surface area contributed by atoms with E-state index in [0.29, 0.717) is 164 Å². The van der Waals surface area contributed by atoms with Crippen LogP contribution in [-0.4, -0.2) is 161 Å². The molecule has 118 heavy (non-hydrogen) atoms. The maximum atomic E-state index is 15.4. The number of alkyl halides is 4. The summed E-state index contributed by atoms with van der Waals surface area (Å²) < 4.78 is 64.6. The Morgan fingerprint density at radius 3 is 0.983 bits per heavy atom. The lowest BCUT2D eigenvalue weighted by Gasteiger charge is -2.57. The number of ketones is 4. The van der Waals surface area contributed by atoms with Crippen LogP contribution < -0.4 is 0 Å². The maximum Gasteiger partial charge on any atom is 0.171 e. The molecule has 4 N–H and O–H groups in total. The minimum Gasteiger partial charge on any atom is -0.390 e. The number of tetrazole rings is 2. The van der Waals surface area contributed by atoms with Crippen molar-refractivity contribution in [3.8, 4) is 0 Å². The van der Waals surface area contributed by atoms with Crippen LogP contribution in [0.1, 0.15) is 273 Å². The fourth-order valence-electron chi connectivity index (χ4n) is 32.6. The summed E-state index contributed by atoms with van der Waals surface area (Å²) in [7, 11) is 0. The van der Waals surface area contributed by atoms with Crippen molar-refractivity contribution < 1.29 is 57.2 Å². The summed E-state index contributed by atoms with van der Waals surface area (Å²) in [5.41, 5.74) is -2.92. The number of aliphatic hydroxyl groups is 4. The largest absolute Gasteiger partial charge is 0.390 e. The smallest absolute Gasteiger partial charge is 0.171 e. The quantitative estimate of drug-likeness (QED) is 0.0958. The second kappa shape index (κ2) is 32.0. The zero-order valence-corrected chi connectivity index (χ0v) is 72.1. The number of Topliss-reactive ketones (excluding diaryl/α,β-unsaturated/α-hetero) is 4. The molecule has 36 atom stereocenters. The number of nitrogens with zero attached hydrogens (tertiary/aromatic N) is 14. The van der Waals surface area contributed by atoms with Crippen LogP contribution in [0.3, 0.4) is 0 Å². The fraction of sp³-hybridized carbons (Fsp3) is 0.891. The number of rotatable bonds is 12. The Hall–Kier alpha value is -5.34. The Morgan fingerprint density at radius 1 is 0.364 bits per heavy atom. The van der Waals surface area contributed by atoms with E-state index in [9.17, 15) is 39.6 Å². The van der Waals surface area contributed by atoms with E-state index in [1.807, 2.05) is 34.6 Å². The van der Waals surface area contributed by atoms with Crippen molar-refractivity contribution in [2.24, 2.45) is 164 Å². The van der Waals surface area contributed by atoms with Crippen LogP contribution in [0.2, 0.25) is 0 Å². The van der Waals surface area contributed by atoms with Gasteiger partial charge in [-0.3, -0.25) is 19.2 Å². The first kappa shape index (κ1) is 84.9. The van der Waals surface area contributed by atoms with Gasteiger partial charge in [-0.15, -0.1) is 20.4 Å². The lowest BCUT2D eigenvalue weighted by atomic mass is 9.48. The lowest BCUT2D eigenvalue weighted by molar-refractivity contribution is -0.139. The van der Waals surface area contributed by atoms with Crippen LogP contribution in [0.25, 0.3) is 0 Å². The van der Waals surface area contributed by atoms with Crippen molar-refractivity contribution in [1.82, 2.24) is 70.4 Å². The van der Waals surface area contributed by atoms with E-state index in [1.54, 1.807) is 41.1 Å². The van der Waals surface area contributed by atoms with Crippen LogP contribution in [0.4, 0.5) is 17.6 Å². The zero-order valence-electron chi connectivity index (χ0n) is 72.1. The topological polar surface area (TPSA) is 298 Å². The first-order valence-electron chi connectivity index (χ1n) is 46.7. The van der Waals surface area contributed by atoms with Gasteiger partial charge in [-0.2, -0.15) is 19.8 Å². The van der Waals surface area contributed by atoms with Gasteiger partial charge in [0.25, 0.3) is 0 Å². The van der Waals surface area contributed by atoms with Gasteiger partial charge in [0.05, 0.1) is 41.0 Å². The molecule has 4 heterocycles. The van der Waals surface area contributed by atoms with Crippen molar-refractivity contribution in [3.63, 3.8) is 0 Å². The molecule has 0 unspecified atom stereocenters. The molecule has 0 saturated heterocycles.